The van der Waals surface area contributed by atoms with Crippen LogP contribution in [0.1, 0.15) is 12.5 Å². The van der Waals surface area contributed by atoms with Crippen LogP contribution in [0.5, 0.6) is 11.5 Å². The monoisotopic (exact) mass is 222 g/mol. The van der Waals surface area contributed by atoms with Crippen molar-refractivity contribution in [3.63, 3.8) is 0 Å². The first-order chi connectivity index (χ1) is 7.67. The molecule has 1 rings (SSSR count). The van der Waals surface area contributed by atoms with Gasteiger partial charge in [-0.1, -0.05) is 0 Å². The summed E-state index contributed by atoms with van der Waals surface area (Å²) in [4.78, 5) is 0. The number of hydrogen-bond donors (Lipinski definition) is 0. The molecule has 0 spiro atoms. The quantitative estimate of drug-likeness (QED) is 0.564. The molecule has 0 heterocycles. The molecule has 16 heavy (non-hydrogen) atoms. The average molecular weight is 222 g/mol. The Hall–Kier alpha value is -1.71. The highest BCUT2D eigenvalue weighted by Crippen LogP contribution is 2.27. The van der Waals surface area contributed by atoms with Crippen LogP contribution in [0.4, 0.5) is 0 Å². The fourth-order valence-electron chi connectivity index (χ4n) is 1.22. The molecular formula is C12H18N2O2. The molecule has 4 nitrogen and oxygen atoms in total. The predicted octanol–water partition coefficient (Wildman–Crippen LogP) is 1.99. The van der Waals surface area contributed by atoms with Crippen LogP contribution in [0.2, 0.25) is 0 Å². The van der Waals surface area contributed by atoms with Gasteiger partial charge in [0.2, 0.25) is 0 Å². The summed E-state index contributed by atoms with van der Waals surface area (Å²) in [6.45, 7) is 2.56. The van der Waals surface area contributed by atoms with Crippen molar-refractivity contribution in [1.29, 1.82) is 0 Å². The maximum Gasteiger partial charge on any atom is 0.161 e. The van der Waals surface area contributed by atoms with Crippen LogP contribution in [0.25, 0.3) is 0 Å². The molecule has 1 aromatic carbocycles. The van der Waals surface area contributed by atoms with Gasteiger partial charge in [0, 0.05) is 14.1 Å². The SMILES string of the molecule is CCOc1cc(/C=N/N(C)C)ccc1OC. The van der Waals surface area contributed by atoms with Crippen molar-refractivity contribution < 1.29 is 9.47 Å². The first kappa shape index (κ1) is 12.4. The molecule has 0 amide bonds. The number of ether oxygens (including phenoxy) is 2. The van der Waals surface area contributed by atoms with Crippen LogP contribution in [0.3, 0.4) is 0 Å². The molecule has 0 radical (unpaired) electrons. The second kappa shape index (κ2) is 6.00. The molecule has 0 aliphatic carbocycles. The Morgan fingerprint density at radius 1 is 1.31 bits per heavy atom. The molecule has 0 unspecified atom stereocenters. The van der Waals surface area contributed by atoms with E-state index in [0.717, 1.165) is 17.1 Å². The highest BCUT2D eigenvalue weighted by Gasteiger charge is 2.03. The molecule has 0 aliphatic rings. The van der Waals surface area contributed by atoms with Crippen LogP contribution in [-0.4, -0.2) is 39.0 Å². The van der Waals surface area contributed by atoms with Gasteiger partial charge >= 0.3 is 0 Å². The second-order valence-electron chi connectivity index (χ2n) is 3.44. The van der Waals surface area contributed by atoms with Gasteiger partial charge in [-0.2, -0.15) is 5.10 Å². The molecule has 0 atom stereocenters. The van der Waals surface area contributed by atoms with Gasteiger partial charge in [0.25, 0.3) is 0 Å². The van der Waals surface area contributed by atoms with Gasteiger partial charge in [-0.05, 0) is 30.7 Å². The molecule has 0 saturated carbocycles. The van der Waals surface area contributed by atoms with Crippen molar-refractivity contribution in [3.8, 4) is 11.5 Å². The van der Waals surface area contributed by atoms with E-state index >= 15 is 0 Å². The summed E-state index contributed by atoms with van der Waals surface area (Å²) in [5, 5.41) is 5.90. The van der Waals surface area contributed by atoms with E-state index in [1.54, 1.807) is 18.3 Å². The minimum absolute atomic E-state index is 0.616. The van der Waals surface area contributed by atoms with Gasteiger partial charge < -0.3 is 14.5 Å². The molecule has 0 saturated heterocycles. The van der Waals surface area contributed by atoms with E-state index in [1.807, 2.05) is 39.2 Å². The number of nitrogens with zero attached hydrogens (tertiary/aromatic N) is 2. The number of benzene rings is 1. The lowest BCUT2D eigenvalue weighted by Crippen LogP contribution is -2.02. The number of hydrazone groups is 1. The van der Waals surface area contributed by atoms with Crippen LogP contribution in [-0.2, 0) is 0 Å². The van der Waals surface area contributed by atoms with Crippen molar-refractivity contribution >= 4 is 6.21 Å². The first-order valence-corrected chi connectivity index (χ1v) is 5.19. The summed E-state index contributed by atoms with van der Waals surface area (Å²) in [5.74, 6) is 1.48. The molecule has 0 aliphatic heterocycles. The summed E-state index contributed by atoms with van der Waals surface area (Å²) in [5.41, 5.74) is 0.984. The largest absolute Gasteiger partial charge is 0.493 e. The van der Waals surface area contributed by atoms with E-state index in [2.05, 4.69) is 5.10 Å². The zero-order valence-electron chi connectivity index (χ0n) is 10.2. The van der Waals surface area contributed by atoms with Gasteiger partial charge in [-0.15, -0.1) is 0 Å². The summed E-state index contributed by atoms with van der Waals surface area (Å²) in [6.07, 6.45) is 1.78. The van der Waals surface area contributed by atoms with Crippen molar-refractivity contribution in [3.05, 3.63) is 23.8 Å². The lowest BCUT2D eigenvalue weighted by molar-refractivity contribution is 0.311. The normalized spacial score (nSPS) is 10.5. The average Bonchev–Trinajstić information content (AvgIpc) is 2.27. The van der Waals surface area contributed by atoms with Crippen molar-refractivity contribution in [1.82, 2.24) is 5.01 Å². The smallest absolute Gasteiger partial charge is 0.161 e. The third-order valence-electron chi connectivity index (χ3n) is 1.93. The number of hydrogen-bond acceptors (Lipinski definition) is 4. The molecule has 0 fully saturated rings. The molecule has 1 aromatic rings. The van der Waals surface area contributed by atoms with E-state index in [1.165, 1.54) is 0 Å². The zero-order chi connectivity index (χ0) is 12.0. The van der Waals surface area contributed by atoms with Gasteiger partial charge in [0.15, 0.2) is 11.5 Å². The lowest BCUT2D eigenvalue weighted by Gasteiger charge is -2.09. The minimum Gasteiger partial charge on any atom is -0.493 e. The Bertz CT molecular complexity index is 362. The summed E-state index contributed by atoms with van der Waals surface area (Å²) >= 11 is 0. The Labute approximate surface area is 96.5 Å². The summed E-state index contributed by atoms with van der Waals surface area (Å²) in [6, 6.07) is 5.73. The lowest BCUT2D eigenvalue weighted by atomic mass is 10.2. The fourth-order valence-corrected chi connectivity index (χ4v) is 1.22. The van der Waals surface area contributed by atoms with Crippen molar-refractivity contribution in [2.75, 3.05) is 27.8 Å². The number of rotatable bonds is 5. The third kappa shape index (κ3) is 3.46. The molecule has 0 N–H and O–H groups in total. The third-order valence-corrected chi connectivity index (χ3v) is 1.93. The standard InChI is InChI=1S/C12H18N2O2/c1-5-16-12-8-10(9-13-14(2)3)6-7-11(12)15-4/h6-9H,5H2,1-4H3/b13-9+. The minimum atomic E-state index is 0.616. The fraction of sp³-hybridized carbons (Fsp3) is 0.417. The highest BCUT2D eigenvalue weighted by molar-refractivity contribution is 5.80. The Kier molecular flexibility index (Phi) is 4.64. The van der Waals surface area contributed by atoms with E-state index in [-0.39, 0.29) is 0 Å². The Morgan fingerprint density at radius 2 is 2.06 bits per heavy atom. The number of methoxy groups -OCH3 is 1. The maximum atomic E-state index is 5.48. The Morgan fingerprint density at radius 3 is 2.62 bits per heavy atom. The van der Waals surface area contributed by atoms with Crippen molar-refractivity contribution in [2.24, 2.45) is 5.10 Å². The van der Waals surface area contributed by atoms with E-state index in [4.69, 9.17) is 9.47 Å². The van der Waals surface area contributed by atoms with Crippen LogP contribution >= 0.6 is 0 Å². The summed E-state index contributed by atoms with van der Waals surface area (Å²) < 4.78 is 10.7. The van der Waals surface area contributed by atoms with E-state index in [9.17, 15) is 0 Å². The molecule has 88 valence electrons. The second-order valence-corrected chi connectivity index (χ2v) is 3.44. The van der Waals surface area contributed by atoms with Crippen LogP contribution < -0.4 is 9.47 Å². The van der Waals surface area contributed by atoms with Crippen LogP contribution in [0.15, 0.2) is 23.3 Å². The molecular weight excluding hydrogens is 204 g/mol. The summed E-state index contributed by atoms with van der Waals surface area (Å²) in [7, 11) is 5.39. The van der Waals surface area contributed by atoms with Gasteiger partial charge in [0.05, 0.1) is 19.9 Å². The molecule has 0 bridgehead atoms. The van der Waals surface area contributed by atoms with Crippen molar-refractivity contribution in [2.45, 2.75) is 6.92 Å². The van der Waals surface area contributed by atoms with E-state index in [0.29, 0.717) is 6.61 Å². The maximum absolute atomic E-state index is 5.48. The topological polar surface area (TPSA) is 34.1 Å². The predicted molar refractivity (Wildman–Crippen MR) is 65.4 cm³/mol. The first-order valence-electron chi connectivity index (χ1n) is 5.19. The zero-order valence-corrected chi connectivity index (χ0v) is 10.2. The van der Waals surface area contributed by atoms with Gasteiger partial charge in [-0.25, -0.2) is 0 Å². The molecule has 0 aromatic heterocycles. The van der Waals surface area contributed by atoms with E-state index < -0.39 is 0 Å². The Balaban J connectivity index is 2.92. The highest BCUT2D eigenvalue weighted by atomic mass is 16.5. The molecule has 4 heteroatoms. The van der Waals surface area contributed by atoms with Gasteiger partial charge in [0.1, 0.15) is 0 Å². The van der Waals surface area contributed by atoms with Crippen LogP contribution in [0, 0.1) is 0 Å². The van der Waals surface area contributed by atoms with Gasteiger partial charge in [-0.3, -0.25) is 0 Å².